The molecule has 0 aliphatic rings. The number of esters is 1. The van der Waals surface area contributed by atoms with E-state index in [1.807, 2.05) is 0 Å². The number of carbonyl (C=O) groups excluding carboxylic acids is 1. The molecule has 18 heavy (non-hydrogen) atoms. The summed E-state index contributed by atoms with van der Waals surface area (Å²) in [6.45, 7) is 1.81. The number of ether oxygens (including phenoxy) is 1. The van der Waals surface area contributed by atoms with Crippen molar-refractivity contribution < 1.29 is 18.3 Å². The fourth-order valence-corrected chi connectivity index (χ4v) is 1.35. The van der Waals surface area contributed by atoms with Gasteiger partial charge in [-0.05, 0) is 13.0 Å². The van der Waals surface area contributed by atoms with Crippen molar-refractivity contribution >= 4 is 11.7 Å². The van der Waals surface area contributed by atoms with Gasteiger partial charge in [0.05, 0.1) is 24.4 Å². The Morgan fingerprint density at radius 1 is 1.67 bits per heavy atom. The number of alkyl halides is 2. The minimum atomic E-state index is -2.83. The van der Waals surface area contributed by atoms with Crippen LogP contribution in [0.15, 0.2) is 6.07 Å². The normalized spacial score (nSPS) is 10.2. The van der Waals surface area contributed by atoms with Gasteiger partial charge in [0.1, 0.15) is 6.07 Å². The third-order valence-electron chi connectivity index (χ3n) is 2.12. The molecule has 0 bridgehead atoms. The number of carbonyl (C=O) groups is 1. The second-order valence-electron chi connectivity index (χ2n) is 3.36. The average Bonchev–Trinajstić information content (AvgIpc) is 2.31. The molecule has 7 heteroatoms. The first-order chi connectivity index (χ1) is 8.49. The first-order valence-electron chi connectivity index (χ1n) is 5.12. The van der Waals surface area contributed by atoms with Gasteiger partial charge in [-0.3, -0.25) is 4.79 Å². The van der Waals surface area contributed by atoms with E-state index in [0.29, 0.717) is 0 Å². The van der Waals surface area contributed by atoms with Gasteiger partial charge < -0.3 is 10.5 Å². The van der Waals surface area contributed by atoms with Gasteiger partial charge in [0, 0.05) is 5.56 Å². The number of anilines is 1. The number of rotatable bonds is 4. The first-order valence-corrected chi connectivity index (χ1v) is 5.12. The summed E-state index contributed by atoms with van der Waals surface area (Å²) >= 11 is 0. The van der Waals surface area contributed by atoms with Gasteiger partial charge in [-0.1, -0.05) is 0 Å². The van der Waals surface area contributed by atoms with Crippen LogP contribution in [0.25, 0.3) is 0 Å². The number of halogens is 2. The zero-order chi connectivity index (χ0) is 13.7. The molecular formula is C11H11F2N3O2. The zero-order valence-corrected chi connectivity index (χ0v) is 9.61. The Labute approximate surface area is 102 Å². The minimum Gasteiger partial charge on any atom is -0.466 e. The van der Waals surface area contributed by atoms with Crippen molar-refractivity contribution in [3.63, 3.8) is 0 Å². The van der Waals surface area contributed by atoms with Gasteiger partial charge in [-0.2, -0.15) is 5.26 Å². The van der Waals surface area contributed by atoms with Crippen molar-refractivity contribution in [2.75, 3.05) is 12.3 Å². The van der Waals surface area contributed by atoms with Crippen molar-refractivity contribution in [1.29, 1.82) is 5.26 Å². The van der Waals surface area contributed by atoms with Gasteiger partial charge in [0.2, 0.25) is 0 Å². The Bertz CT molecular complexity index is 498. The second-order valence-corrected chi connectivity index (χ2v) is 3.36. The minimum absolute atomic E-state index is 0.0366. The van der Waals surface area contributed by atoms with Crippen molar-refractivity contribution in [3.8, 4) is 6.07 Å². The highest BCUT2D eigenvalue weighted by Crippen LogP contribution is 2.27. The van der Waals surface area contributed by atoms with E-state index in [4.69, 9.17) is 11.0 Å². The molecule has 5 nitrogen and oxygen atoms in total. The second kappa shape index (κ2) is 5.91. The molecule has 0 radical (unpaired) electrons. The highest BCUT2D eigenvalue weighted by atomic mass is 19.3. The number of nitriles is 1. The maximum absolute atomic E-state index is 12.7. The Morgan fingerprint density at radius 3 is 2.83 bits per heavy atom. The Balaban J connectivity index is 3.11. The van der Waals surface area contributed by atoms with Crippen LogP contribution in [0.2, 0.25) is 0 Å². The van der Waals surface area contributed by atoms with Gasteiger partial charge >= 0.3 is 5.97 Å². The largest absolute Gasteiger partial charge is 0.466 e. The Hall–Kier alpha value is -2.23. The summed E-state index contributed by atoms with van der Waals surface area (Å²) in [5.74, 6) is -0.598. The van der Waals surface area contributed by atoms with E-state index in [1.54, 1.807) is 13.0 Å². The van der Waals surface area contributed by atoms with Crippen LogP contribution < -0.4 is 5.73 Å². The van der Waals surface area contributed by atoms with Gasteiger partial charge in [-0.25, -0.2) is 13.8 Å². The standard InChI is InChI=1S/C11H11F2N3O2/c1-2-18-9(17)4-6-3-7(11(12)13)10(15)8(5-14)16-6/h3,11H,2,4,15H2,1H3. The van der Waals surface area contributed by atoms with Crippen LogP contribution in [0.3, 0.4) is 0 Å². The third kappa shape index (κ3) is 3.13. The molecule has 0 aliphatic carbocycles. The fourth-order valence-electron chi connectivity index (χ4n) is 1.35. The predicted molar refractivity (Wildman–Crippen MR) is 58.7 cm³/mol. The number of pyridine rings is 1. The number of nitrogen functional groups attached to an aromatic ring is 1. The molecule has 1 heterocycles. The lowest BCUT2D eigenvalue weighted by atomic mass is 10.1. The van der Waals surface area contributed by atoms with Crippen LogP contribution in [0.5, 0.6) is 0 Å². The lowest BCUT2D eigenvalue weighted by molar-refractivity contribution is -0.142. The molecule has 0 saturated carbocycles. The summed E-state index contributed by atoms with van der Waals surface area (Å²) in [7, 11) is 0. The quantitative estimate of drug-likeness (QED) is 0.825. The molecule has 96 valence electrons. The van der Waals surface area contributed by atoms with Crippen LogP contribution in [-0.4, -0.2) is 17.6 Å². The molecule has 0 aliphatic heterocycles. The van der Waals surface area contributed by atoms with Crippen LogP contribution in [0.4, 0.5) is 14.5 Å². The third-order valence-corrected chi connectivity index (χ3v) is 2.12. The number of nitrogens with zero attached hydrogens (tertiary/aromatic N) is 2. The summed E-state index contributed by atoms with van der Waals surface area (Å²) in [5, 5.41) is 8.73. The van der Waals surface area contributed by atoms with Gasteiger partial charge in [0.15, 0.2) is 5.69 Å². The van der Waals surface area contributed by atoms with Crippen LogP contribution in [0, 0.1) is 11.3 Å². The van der Waals surface area contributed by atoms with Crippen molar-refractivity contribution in [1.82, 2.24) is 4.98 Å². The zero-order valence-electron chi connectivity index (χ0n) is 9.61. The molecule has 1 aromatic heterocycles. The topological polar surface area (TPSA) is 89.0 Å². The molecular weight excluding hydrogens is 244 g/mol. The predicted octanol–water partition coefficient (Wildman–Crippen LogP) is 1.58. The maximum Gasteiger partial charge on any atom is 0.311 e. The molecule has 0 aromatic carbocycles. The molecule has 0 amide bonds. The van der Waals surface area contributed by atoms with Crippen molar-refractivity contribution in [2.45, 2.75) is 19.8 Å². The number of hydrogen-bond acceptors (Lipinski definition) is 5. The van der Waals surface area contributed by atoms with E-state index in [1.165, 1.54) is 0 Å². The molecule has 1 aromatic rings. The SMILES string of the molecule is CCOC(=O)Cc1cc(C(F)F)c(N)c(C#N)n1. The molecule has 2 N–H and O–H groups in total. The van der Waals surface area contributed by atoms with Gasteiger partial charge in [-0.15, -0.1) is 0 Å². The lowest BCUT2D eigenvalue weighted by Gasteiger charge is -2.08. The van der Waals surface area contributed by atoms with Crippen LogP contribution in [-0.2, 0) is 16.0 Å². The fraction of sp³-hybridized carbons (Fsp3) is 0.364. The monoisotopic (exact) mass is 255 g/mol. The Morgan fingerprint density at radius 2 is 2.33 bits per heavy atom. The molecule has 0 unspecified atom stereocenters. The van der Waals surface area contributed by atoms with E-state index in [2.05, 4.69) is 9.72 Å². The van der Waals surface area contributed by atoms with E-state index in [9.17, 15) is 13.6 Å². The van der Waals surface area contributed by atoms with E-state index < -0.39 is 18.0 Å². The number of aromatic nitrogens is 1. The molecule has 1 rings (SSSR count). The summed E-state index contributed by atoms with van der Waals surface area (Å²) in [4.78, 5) is 15.0. The number of nitrogens with two attached hydrogens (primary N) is 1. The molecule has 0 fully saturated rings. The summed E-state index contributed by atoms with van der Waals surface area (Å²) in [6, 6.07) is 2.63. The Kier molecular flexibility index (Phi) is 4.54. The summed E-state index contributed by atoms with van der Waals surface area (Å²) in [6.07, 6.45) is -3.11. The maximum atomic E-state index is 12.7. The summed E-state index contributed by atoms with van der Waals surface area (Å²) < 4.78 is 30.0. The van der Waals surface area contributed by atoms with E-state index in [-0.39, 0.29) is 30.1 Å². The lowest BCUT2D eigenvalue weighted by Crippen LogP contribution is -2.11. The van der Waals surface area contributed by atoms with E-state index >= 15 is 0 Å². The van der Waals surface area contributed by atoms with Crippen molar-refractivity contribution in [3.05, 3.63) is 23.0 Å². The van der Waals surface area contributed by atoms with Crippen LogP contribution in [0.1, 0.15) is 30.3 Å². The van der Waals surface area contributed by atoms with Gasteiger partial charge in [0.25, 0.3) is 6.43 Å². The molecule has 0 saturated heterocycles. The number of hydrogen-bond donors (Lipinski definition) is 1. The molecule has 0 spiro atoms. The first kappa shape index (κ1) is 13.8. The average molecular weight is 255 g/mol. The summed E-state index contributed by atoms with van der Waals surface area (Å²) in [5.41, 5.74) is 4.24. The smallest absolute Gasteiger partial charge is 0.311 e. The highest BCUT2D eigenvalue weighted by Gasteiger charge is 2.18. The van der Waals surface area contributed by atoms with Crippen molar-refractivity contribution in [2.24, 2.45) is 0 Å². The van der Waals surface area contributed by atoms with Crippen LogP contribution >= 0.6 is 0 Å². The van der Waals surface area contributed by atoms with E-state index in [0.717, 1.165) is 6.07 Å². The molecule has 0 atom stereocenters. The highest BCUT2D eigenvalue weighted by molar-refractivity contribution is 5.72.